The number of nitrogens with zero attached hydrogens (tertiary/aromatic N) is 3. The highest BCUT2D eigenvalue weighted by Crippen LogP contribution is 2.42. The number of rotatable bonds is 7. The van der Waals surface area contributed by atoms with E-state index >= 15 is 4.48 Å². The van der Waals surface area contributed by atoms with Gasteiger partial charge in [-0.2, -0.15) is 5.12 Å². The number of carbonyl (C=O) groups is 2. The average molecular weight is 504 g/mol. The van der Waals surface area contributed by atoms with Crippen LogP contribution in [0.15, 0.2) is 54.0 Å². The minimum atomic E-state index is -0.774. The minimum absolute atomic E-state index is 0.180. The fourth-order valence-corrected chi connectivity index (χ4v) is 5.00. The highest BCUT2D eigenvalue weighted by Gasteiger charge is 2.38. The third-order valence-electron chi connectivity index (χ3n) is 5.36. The van der Waals surface area contributed by atoms with E-state index in [2.05, 4.69) is 4.98 Å². The van der Waals surface area contributed by atoms with E-state index in [1.54, 1.807) is 54.9 Å². The van der Waals surface area contributed by atoms with Gasteiger partial charge in [0.2, 0.25) is 0 Å². The number of amides is 2. The number of fused-ring (bicyclic) bond motifs is 1. The van der Waals surface area contributed by atoms with Gasteiger partial charge >= 0.3 is 12.0 Å². The smallest absolute Gasteiger partial charge is 0.349 e. The molecule has 0 N–H and O–H groups in total. The van der Waals surface area contributed by atoms with Gasteiger partial charge in [-0.3, -0.25) is 0 Å². The van der Waals surface area contributed by atoms with E-state index < -0.39 is 18.0 Å². The molecule has 0 fully saturated rings. The molecule has 0 spiro atoms. The molecular formula is C24H23ClFN3O4S. The summed E-state index contributed by atoms with van der Waals surface area (Å²) in [5.74, 6) is -0.161. The first kappa shape index (κ1) is 24.0. The molecule has 0 saturated heterocycles. The second-order valence-corrected chi connectivity index (χ2v) is 8.90. The summed E-state index contributed by atoms with van der Waals surface area (Å²) in [5, 5.41) is 0.627. The number of urea groups is 1. The third-order valence-corrected chi connectivity index (χ3v) is 6.52. The van der Waals surface area contributed by atoms with Crippen LogP contribution in [0.1, 0.15) is 34.7 Å². The third kappa shape index (κ3) is 5.31. The fraction of sp³-hybridized carbons (Fsp3) is 0.292. The van der Waals surface area contributed by atoms with Crippen molar-refractivity contribution in [2.75, 3.05) is 19.8 Å². The van der Waals surface area contributed by atoms with Gasteiger partial charge in [0, 0.05) is 23.6 Å². The predicted octanol–water partition coefficient (Wildman–Crippen LogP) is 5.19. The van der Waals surface area contributed by atoms with Crippen molar-refractivity contribution in [2.24, 2.45) is 0 Å². The van der Waals surface area contributed by atoms with Crippen molar-refractivity contribution in [3.05, 3.63) is 80.8 Å². The molecule has 4 rings (SSSR count). The van der Waals surface area contributed by atoms with Gasteiger partial charge in [0.05, 0.1) is 35.3 Å². The molecule has 1 atom stereocenters. The number of benzene rings is 2. The largest absolute Gasteiger partial charge is 0.482 e. The summed E-state index contributed by atoms with van der Waals surface area (Å²) >= 11 is 7.68. The van der Waals surface area contributed by atoms with Crippen LogP contribution >= 0.6 is 22.9 Å². The van der Waals surface area contributed by atoms with E-state index in [-0.39, 0.29) is 31.4 Å². The van der Waals surface area contributed by atoms with Gasteiger partial charge in [0.1, 0.15) is 5.75 Å². The number of carbonyl (C=O) groups excluding carboxylic acids is 2. The summed E-state index contributed by atoms with van der Waals surface area (Å²) in [6, 6.07) is 12.4. The van der Waals surface area contributed by atoms with Crippen molar-refractivity contribution in [1.82, 2.24) is 15.0 Å². The Morgan fingerprint density at radius 2 is 2.06 bits per heavy atom. The van der Waals surface area contributed by atoms with Crippen LogP contribution in [0.25, 0.3) is 0 Å². The van der Waals surface area contributed by atoms with Crippen LogP contribution in [-0.4, -0.2) is 46.8 Å². The zero-order valence-electron chi connectivity index (χ0n) is 18.4. The normalized spacial score (nSPS) is 14.9. The molecule has 7 nitrogen and oxygen atoms in total. The lowest BCUT2D eigenvalue weighted by Gasteiger charge is -2.37. The summed E-state index contributed by atoms with van der Waals surface area (Å²) in [7, 11) is 0. The molecule has 2 amide bonds. The predicted molar refractivity (Wildman–Crippen MR) is 126 cm³/mol. The first-order valence-corrected chi connectivity index (χ1v) is 12.0. The van der Waals surface area contributed by atoms with E-state index in [1.165, 1.54) is 16.2 Å². The van der Waals surface area contributed by atoms with Crippen LogP contribution in [0, 0.1) is 0 Å². The van der Waals surface area contributed by atoms with Crippen molar-refractivity contribution in [2.45, 2.75) is 25.9 Å². The monoisotopic (exact) mass is 503 g/mol. The molecule has 1 aliphatic heterocycles. The summed E-state index contributed by atoms with van der Waals surface area (Å²) in [5.41, 5.74) is 3.76. The minimum Gasteiger partial charge on any atom is -0.482 e. The van der Waals surface area contributed by atoms with Crippen LogP contribution in [0.2, 0.25) is 5.02 Å². The van der Waals surface area contributed by atoms with E-state index in [1.807, 2.05) is 6.07 Å². The second-order valence-electron chi connectivity index (χ2n) is 7.57. The highest BCUT2D eigenvalue weighted by molar-refractivity contribution is 7.09. The van der Waals surface area contributed by atoms with Crippen LogP contribution in [0.4, 0.5) is 9.28 Å². The molecule has 0 radical (unpaired) electrons. The number of aromatic nitrogens is 1. The number of esters is 1. The maximum atomic E-state index is 15.1. The van der Waals surface area contributed by atoms with Crippen molar-refractivity contribution in [1.29, 1.82) is 0 Å². The first-order chi connectivity index (χ1) is 16.5. The average Bonchev–Trinajstić information content (AvgIpc) is 3.32. The Labute approximate surface area is 205 Å². The lowest BCUT2D eigenvalue weighted by atomic mass is 9.97. The molecular weight excluding hydrogens is 481 g/mol. The molecule has 34 heavy (non-hydrogen) atoms. The van der Waals surface area contributed by atoms with E-state index in [9.17, 15) is 9.59 Å². The molecule has 3 aromatic rings. The van der Waals surface area contributed by atoms with Gasteiger partial charge in [0.25, 0.3) is 0 Å². The fourth-order valence-electron chi connectivity index (χ4n) is 3.86. The number of hydrogen-bond donors (Lipinski definition) is 0. The molecule has 178 valence electrons. The number of hydrogen-bond acceptors (Lipinski definition) is 6. The van der Waals surface area contributed by atoms with Crippen molar-refractivity contribution in [3.63, 3.8) is 0 Å². The molecule has 1 aromatic heterocycles. The SMILES string of the molecule is CCOC(=O)COc1ccc(Cl)cc1C1c2scnc2CCN1C(=O)N(F)Cc1ccccc1. The lowest BCUT2D eigenvalue weighted by Crippen LogP contribution is -2.45. The van der Waals surface area contributed by atoms with Crippen LogP contribution in [-0.2, 0) is 22.5 Å². The molecule has 10 heteroatoms. The van der Waals surface area contributed by atoms with Gasteiger partial charge in [-0.05, 0) is 30.7 Å². The highest BCUT2D eigenvalue weighted by atomic mass is 35.5. The summed E-state index contributed by atoms with van der Waals surface area (Å²) in [6.45, 7) is 1.72. The molecule has 2 heterocycles. The maximum absolute atomic E-state index is 15.1. The molecule has 1 aliphatic rings. The first-order valence-electron chi connectivity index (χ1n) is 10.8. The Hall–Kier alpha value is -3.17. The van der Waals surface area contributed by atoms with Crippen LogP contribution < -0.4 is 4.74 Å². The molecule has 0 saturated carbocycles. The zero-order valence-corrected chi connectivity index (χ0v) is 20.0. The van der Waals surface area contributed by atoms with Gasteiger partial charge in [-0.25, -0.2) is 14.6 Å². The van der Waals surface area contributed by atoms with Crippen LogP contribution in [0.5, 0.6) is 5.75 Å². The Kier molecular flexibility index (Phi) is 7.64. The molecule has 0 bridgehead atoms. The number of halogens is 2. The zero-order chi connectivity index (χ0) is 24.1. The van der Waals surface area contributed by atoms with Gasteiger partial charge in [-0.1, -0.05) is 46.4 Å². The van der Waals surface area contributed by atoms with Gasteiger partial charge in [-0.15, -0.1) is 11.3 Å². The Morgan fingerprint density at radius 1 is 1.26 bits per heavy atom. The Bertz CT molecular complexity index is 1160. The molecule has 1 unspecified atom stereocenters. The standard InChI is InChI=1S/C24H23ClFN3O4S/c1-2-32-21(30)14-33-20-9-8-17(25)12-18(20)22-23-19(27-15-34-23)10-11-28(22)24(31)29(26)13-16-6-4-3-5-7-16/h3-9,12,15,22H,2,10-11,13-14H2,1H3. The summed E-state index contributed by atoms with van der Waals surface area (Å²) in [6.07, 6.45) is 0.500. The van der Waals surface area contributed by atoms with Gasteiger partial charge in [0.15, 0.2) is 6.61 Å². The second kappa shape index (κ2) is 10.8. The topological polar surface area (TPSA) is 72.0 Å². The van der Waals surface area contributed by atoms with Crippen molar-refractivity contribution >= 4 is 34.9 Å². The quantitative estimate of drug-likeness (QED) is 0.327. The molecule has 0 aliphatic carbocycles. The van der Waals surface area contributed by atoms with E-state index in [0.29, 0.717) is 28.3 Å². The lowest BCUT2D eigenvalue weighted by molar-refractivity contribution is -0.145. The Morgan fingerprint density at radius 3 is 2.82 bits per heavy atom. The maximum Gasteiger partial charge on any atom is 0.349 e. The number of ether oxygens (including phenoxy) is 2. The van der Waals surface area contributed by atoms with Crippen molar-refractivity contribution < 1.29 is 23.5 Å². The summed E-state index contributed by atoms with van der Waals surface area (Å²) in [4.78, 5) is 31.8. The summed E-state index contributed by atoms with van der Waals surface area (Å²) < 4.78 is 25.8. The van der Waals surface area contributed by atoms with Crippen molar-refractivity contribution in [3.8, 4) is 5.75 Å². The van der Waals surface area contributed by atoms with E-state index in [0.717, 1.165) is 10.6 Å². The Balaban J connectivity index is 1.67. The van der Waals surface area contributed by atoms with Gasteiger partial charge < -0.3 is 14.4 Å². The van der Waals surface area contributed by atoms with Crippen LogP contribution in [0.3, 0.4) is 0 Å². The van der Waals surface area contributed by atoms with E-state index in [4.69, 9.17) is 21.1 Å². The number of thiazole rings is 1. The molecule has 2 aromatic carbocycles.